The zero-order chi connectivity index (χ0) is 54.9. The molecule has 0 saturated heterocycles. The van der Waals surface area contributed by atoms with Crippen molar-refractivity contribution in [2.45, 2.75) is 96.3 Å². The molecule has 4 nitrogen and oxygen atoms in total. The zero-order valence-corrected chi connectivity index (χ0v) is 47.6. The van der Waals surface area contributed by atoms with Gasteiger partial charge >= 0.3 is 0 Å². The summed E-state index contributed by atoms with van der Waals surface area (Å²) in [6.07, 6.45) is 2.00. The van der Waals surface area contributed by atoms with Gasteiger partial charge in [0.05, 0.1) is 27.8 Å². The zero-order valence-electron chi connectivity index (χ0n) is 47.6. The fourth-order valence-corrected chi connectivity index (χ4v) is 12.4. The van der Waals surface area contributed by atoms with E-state index in [1.807, 2.05) is 6.20 Å². The van der Waals surface area contributed by atoms with E-state index in [1.165, 1.54) is 83.5 Å². The van der Waals surface area contributed by atoms with Gasteiger partial charge < -0.3 is 9.80 Å². The van der Waals surface area contributed by atoms with Crippen molar-refractivity contribution in [3.63, 3.8) is 0 Å². The van der Waals surface area contributed by atoms with E-state index in [1.54, 1.807) is 0 Å². The highest BCUT2D eigenvalue weighted by atomic mass is 15.4. The van der Waals surface area contributed by atoms with Gasteiger partial charge in [-0.05, 0) is 133 Å². The highest BCUT2D eigenvalue weighted by Crippen LogP contribution is 2.51. The minimum absolute atomic E-state index is 0.0130. The first-order valence-corrected chi connectivity index (χ1v) is 28.1. The Kier molecular flexibility index (Phi) is 12.6. The van der Waals surface area contributed by atoms with E-state index in [4.69, 9.17) is 4.98 Å². The van der Waals surface area contributed by atoms with Crippen molar-refractivity contribution in [2.75, 3.05) is 16.5 Å². The summed E-state index contributed by atoms with van der Waals surface area (Å²) in [5, 5.41) is 2.38. The van der Waals surface area contributed by atoms with Crippen LogP contribution in [0.3, 0.4) is 0 Å². The number of pyridine rings is 1. The van der Waals surface area contributed by atoms with Crippen LogP contribution in [-0.4, -0.2) is 16.2 Å². The van der Waals surface area contributed by atoms with Crippen LogP contribution in [0, 0.1) is 0 Å². The quantitative estimate of drug-likeness (QED) is 0.121. The molecule has 0 bridgehead atoms. The van der Waals surface area contributed by atoms with Crippen molar-refractivity contribution < 1.29 is 0 Å². The third-order valence-electron chi connectivity index (χ3n) is 17.3. The van der Waals surface area contributed by atoms with Gasteiger partial charge in [-0.1, -0.05) is 239 Å². The molecule has 392 valence electrons. The molecule has 0 saturated carbocycles. The van der Waals surface area contributed by atoms with Crippen LogP contribution in [0.4, 0.5) is 22.7 Å². The number of anilines is 4. The Morgan fingerprint density at radius 1 is 0.316 bits per heavy atom. The second-order valence-electron chi connectivity index (χ2n) is 25.0. The molecule has 0 fully saturated rings. The Bertz CT molecular complexity index is 3930. The van der Waals surface area contributed by atoms with E-state index >= 15 is 0 Å². The number of fused-ring (bicyclic) bond motifs is 4. The fourth-order valence-electron chi connectivity index (χ4n) is 12.4. The number of para-hydroxylation sites is 2. The molecular weight excluding hydrogens is 957 g/mol. The van der Waals surface area contributed by atoms with Gasteiger partial charge in [0.25, 0.3) is 0 Å². The Morgan fingerprint density at radius 2 is 0.772 bits per heavy atom. The summed E-state index contributed by atoms with van der Waals surface area (Å²) in [5.74, 6) is 0.889. The van der Waals surface area contributed by atoms with E-state index in [2.05, 4.69) is 320 Å². The van der Waals surface area contributed by atoms with Crippen molar-refractivity contribution in [1.29, 1.82) is 0 Å². The lowest BCUT2D eigenvalue weighted by atomic mass is 9.65. The molecule has 79 heavy (non-hydrogen) atoms. The summed E-state index contributed by atoms with van der Waals surface area (Å²) in [6, 6.07) is 88.4. The molecule has 1 aliphatic rings. The lowest BCUT2D eigenvalue weighted by Crippen LogP contribution is -2.31. The van der Waals surface area contributed by atoms with Gasteiger partial charge in [-0.3, -0.25) is 4.57 Å². The van der Waals surface area contributed by atoms with Crippen LogP contribution in [0.25, 0.3) is 27.6 Å². The second kappa shape index (κ2) is 19.5. The summed E-state index contributed by atoms with van der Waals surface area (Å²) >= 11 is 0. The van der Waals surface area contributed by atoms with Gasteiger partial charge in [0, 0.05) is 39.2 Å². The van der Waals surface area contributed by atoms with Crippen molar-refractivity contribution in [2.24, 2.45) is 0 Å². The van der Waals surface area contributed by atoms with Crippen molar-refractivity contribution >= 4 is 44.6 Å². The topological polar surface area (TPSA) is 24.3 Å². The van der Waals surface area contributed by atoms with Crippen LogP contribution in [-0.2, 0) is 27.1 Å². The molecule has 1 aliphatic heterocycles. The normalized spacial score (nSPS) is 13.3. The van der Waals surface area contributed by atoms with E-state index in [0.717, 1.165) is 22.5 Å². The predicted octanol–water partition coefficient (Wildman–Crippen LogP) is 19.1. The molecule has 11 aromatic rings. The number of benzene rings is 9. The molecule has 0 aliphatic carbocycles. The second-order valence-corrected chi connectivity index (χ2v) is 25.0. The number of hydrogen-bond donors (Lipinski definition) is 0. The number of aromatic nitrogens is 2. The molecule has 0 unspecified atom stereocenters. The maximum absolute atomic E-state index is 5.26. The Morgan fingerprint density at radius 3 is 1.32 bits per heavy atom. The minimum atomic E-state index is -0.749. The number of hydrogen-bond acceptors (Lipinski definition) is 3. The summed E-state index contributed by atoms with van der Waals surface area (Å²) in [4.78, 5) is 10.3. The summed E-state index contributed by atoms with van der Waals surface area (Å²) in [5.41, 5.74) is 18.1. The van der Waals surface area contributed by atoms with Crippen LogP contribution in [0.15, 0.2) is 243 Å². The predicted molar refractivity (Wildman–Crippen MR) is 333 cm³/mol. The maximum atomic E-state index is 5.26. The monoisotopic (exact) mass is 1030 g/mol. The van der Waals surface area contributed by atoms with Crippen LogP contribution >= 0.6 is 0 Å². The van der Waals surface area contributed by atoms with Crippen LogP contribution in [0.1, 0.15) is 125 Å². The van der Waals surface area contributed by atoms with Crippen LogP contribution in [0.5, 0.6) is 0 Å². The third-order valence-corrected chi connectivity index (χ3v) is 17.3. The molecule has 9 aromatic carbocycles. The molecule has 0 spiro atoms. The third kappa shape index (κ3) is 8.92. The minimum Gasteiger partial charge on any atom is -0.321 e. The first kappa shape index (κ1) is 51.3. The fraction of sp³-hybridized carbons (Fsp3) is 0.213. The van der Waals surface area contributed by atoms with Gasteiger partial charge in [0.1, 0.15) is 12.5 Å². The van der Waals surface area contributed by atoms with Crippen molar-refractivity contribution in [1.82, 2.24) is 9.55 Å². The highest BCUT2D eigenvalue weighted by molar-refractivity contribution is 6.10. The van der Waals surface area contributed by atoms with Gasteiger partial charge in [0.2, 0.25) is 0 Å². The molecule has 12 rings (SSSR count). The smallest absolute Gasteiger partial charge is 0.137 e. The van der Waals surface area contributed by atoms with Crippen molar-refractivity contribution in [3.05, 3.63) is 298 Å². The van der Waals surface area contributed by atoms with Gasteiger partial charge in [-0.25, -0.2) is 4.98 Å². The summed E-state index contributed by atoms with van der Waals surface area (Å²) in [6.45, 7) is 23.9. The number of nitrogens with zero attached hydrogens (tertiary/aromatic N) is 4. The largest absolute Gasteiger partial charge is 0.321 e. The van der Waals surface area contributed by atoms with Gasteiger partial charge in [-0.2, -0.15) is 0 Å². The lowest BCUT2D eigenvalue weighted by Gasteiger charge is -2.37. The van der Waals surface area contributed by atoms with Crippen LogP contribution < -0.4 is 9.80 Å². The summed E-state index contributed by atoms with van der Waals surface area (Å²) < 4.78 is 2.42. The molecule has 4 heteroatoms. The first-order chi connectivity index (χ1) is 37.9. The molecule has 0 N–H and O–H groups in total. The van der Waals surface area contributed by atoms with Gasteiger partial charge in [-0.15, -0.1) is 0 Å². The van der Waals surface area contributed by atoms with E-state index in [0.29, 0.717) is 6.67 Å². The average Bonchev–Trinajstić information content (AvgIpc) is 3.65. The average molecular weight is 1030 g/mol. The molecule has 2 aromatic heterocycles. The Labute approximate surface area is 468 Å². The molecular formula is C75H72N4. The standard InChI is InChI=1S/C75H72N4/c1-71(2,3)60-44-61(72(4,5)6)47-63(46-60)78-51-77(67-36-23-24-37-68(67)78)62-35-25-34-58(45-62)75(54-30-19-13-20-31-54,55-32-21-14-22-33-55)59-38-40-64-65-48-56(73(7,8)52-26-15-11-16-27-52)39-41-66(65)79(69(64)49-59)70-50-57(42-43-76-70)74(9,10)53-28-17-12-18-29-53/h11-50H,51H2,1-10H3. The van der Waals surface area contributed by atoms with Gasteiger partial charge in [0.15, 0.2) is 0 Å². The lowest BCUT2D eigenvalue weighted by molar-refractivity contribution is 0.568. The maximum Gasteiger partial charge on any atom is 0.137 e. The Balaban J connectivity index is 1.08. The van der Waals surface area contributed by atoms with E-state index in [9.17, 15) is 0 Å². The number of rotatable bonds is 11. The highest BCUT2D eigenvalue weighted by Gasteiger charge is 2.40. The van der Waals surface area contributed by atoms with E-state index in [-0.39, 0.29) is 21.7 Å². The summed E-state index contributed by atoms with van der Waals surface area (Å²) in [7, 11) is 0. The first-order valence-electron chi connectivity index (χ1n) is 28.1. The molecule has 0 radical (unpaired) electrons. The molecule has 0 atom stereocenters. The SMILES string of the molecule is CC(C)(C)c1cc(N2CN(c3cccc(C(c4ccccc4)(c4ccccc4)c4ccc5c6cc(C(C)(C)c7ccccc7)ccc6n(-c6cc(C(C)(C)c7ccccc7)ccn6)c5c4)c3)c3ccccc32)cc(C(C)(C)C)c1. The van der Waals surface area contributed by atoms with Crippen molar-refractivity contribution in [3.8, 4) is 5.82 Å². The molecule has 0 amide bonds. The van der Waals surface area contributed by atoms with E-state index < -0.39 is 5.41 Å². The molecule has 3 heterocycles. The van der Waals surface area contributed by atoms with Crippen LogP contribution in [0.2, 0.25) is 0 Å². The Hall–Kier alpha value is -8.47.